The number of fused-ring (bicyclic) bond motifs is 1. The Morgan fingerprint density at radius 2 is 1.67 bits per heavy atom. The molecule has 18 heavy (non-hydrogen) atoms. The lowest BCUT2D eigenvalue weighted by Crippen LogP contribution is -2.01. The SMILES string of the molecule is Cc1cccc2c1cc(C)n2Cc1ccccc1. The van der Waals surface area contributed by atoms with Crippen LogP contribution in [0.5, 0.6) is 0 Å². The van der Waals surface area contributed by atoms with Crippen LogP contribution in [0.3, 0.4) is 0 Å². The monoisotopic (exact) mass is 235 g/mol. The highest BCUT2D eigenvalue weighted by Crippen LogP contribution is 2.23. The van der Waals surface area contributed by atoms with Crippen molar-refractivity contribution < 1.29 is 0 Å². The predicted octanol–water partition coefficient (Wildman–Crippen LogP) is 4.31. The van der Waals surface area contributed by atoms with Crippen LogP contribution in [0.2, 0.25) is 0 Å². The molecule has 0 saturated carbocycles. The molecule has 3 rings (SSSR count). The van der Waals surface area contributed by atoms with Gasteiger partial charge in [-0.2, -0.15) is 0 Å². The first-order chi connectivity index (χ1) is 8.75. The number of hydrogen-bond donors (Lipinski definition) is 0. The number of rotatable bonds is 2. The zero-order chi connectivity index (χ0) is 12.5. The molecule has 0 N–H and O–H groups in total. The molecule has 0 aliphatic carbocycles. The Balaban J connectivity index is 2.12. The maximum atomic E-state index is 2.39. The minimum atomic E-state index is 0.944. The Morgan fingerprint density at radius 3 is 2.44 bits per heavy atom. The maximum absolute atomic E-state index is 2.39. The summed E-state index contributed by atoms with van der Waals surface area (Å²) in [4.78, 5) is 0. The summed E-state index contributed by atoms with van der Waals surface area (Å²) in [6.45, 7) is 5.30. The largest absolute Gasteiger partial charge is 0.340 e. The molecule has 0 fully saturated rings. The van der Waals surface area contributed by atoms with Gasteiger partial charge in [0.1, 0.15) is 0 Å². The van der Waals surface area contributed by atoms with Crippen LogP contribution in [0.1, 0.15) is 16.8 Å². The lowest BCUT2D eigenvalue weighted by molar-refractivity contribution is 0.805. The van der Waals surface area contributed by atoms with Gasteiger partial charge < -0.3 is 4.57 Å². The molecule has 0 atom stereocenters. The molecule has 1 heteroatoms. The zero-order valence-electron chi connectivity index (χ0n) is 10.9. The topological polar surface area (TPSA) is 4.93 Å². The van der Waals surface area contributed by atoms with Crippen LogP contribution in [0, 0.1) is 13.8 Å². The number of nitrogens with zero attached hydrogens (tertiary/aromatic N) is 1. The van der Waals surface area contributed by atoms with Crippen molar-refractivity contribution in [3.63, 3.8) is 0 Å². The Hall–Kier alpha value is -2.02. The molecule has 0 spiro atoms. The highest BCUT2D eigenvalue weighted by Gasteiger charge is 2.07. The van der Waals surface area contributed by atoms with E-state index in [0.29, 0.717) is 0 Å². The fraction of sp³-hybridized carbons (Fsp3) is 0.176. The van der Waals surface area contributed by atoms with Crippen molar-refractivity contribution in [2.45, 2.75) is 20.4 Å². The molecule has 2 aromatic carbocycles. The van der Waals surface area contributed by atoms with E-state index in [1.807, 2.05) is 0 Å². The van der Waals surface area contributed by atoms with E-state index in [-0.39, 0.29) is 0 Å². The molecule has 0 bridgehead atoms. The van der Waals surface area contributed by atoms with E-state index in [4.69, 9.17) is 0 Å². The standard InChI is InChI=1S/C17H17N/c1-13-7-6-10-17-16(13)11-14(2)18(17)12-15-8-4-3-5-9-15/h3-11H,12H2,1-2H3. The van der Waals surface area contributed by atoms with Crippen molar-refractivity contribution >= 4 is 10.9 Å². The van der Waals surface area contributed by atoms with Crippen LogP contribution in [0.25, 0.3) is 10.9 Å². The average molecular weight is 235 g/mol. The molecule has 1 nitrogen and oxygen atoms in total. The molecule has 0 unspecified atom stereocenters. The van der Waals surface area contributed by atoms with Crippen molar-refractivity contribution in [2.24, 2.45) is 0 Å². The van der Waals surface area contributed by atoms with E-state index in [0.717, 1.165) is 6.54 Å². The third-order valence-corrected chi connectivity index (χ3v) is 3.55. The fourth-order valence-electron chi connectivity index (χ4n) is 2.54. The Labute approximate surface area is 108 Å². The van der Waals surface area contributed by atoms with E-state index < -0.39 is 0 Å². The van der Waals surface area contributed by atoms with Gasteiger partial charge in [-0.05, 0) is 37.1 Å². The van der Waals surface area contributed by atoms with Crippen molar-refractivity contribution in [3.8, 4) is 0 Å². The highest BCUT2D eigenvalue weighted by atomic mass is 15.0. The molecule has 90 valence electrons. The van der Waals surface area contributed by atoms with Crippen LogP contribution in [-0.2, 0) is 6.54 Å². The first kappa shape index (κ1) is 11.1. The quantitative estimate of drug-likeness (QED) is 0.624. The molecular formula is C17H17N. The van der Waals surface area contributed by atoms with Gasteiger partial charge in [-0.15, -0.1) is 0 Å². The molecule has 3 aromatic rings. The van der Waals surface area contributed by atoms with E-state index in [9.17, 15) is 0 Å². The lowest BCUT2D eigenvalue weighted by atomic mass is 10.1. The average Bonchev–Trinajstić information content (AvgIpc) is 2.70. The zero-order valence-corrected chi connectivity index (χ0v) is 10.9. The summed E-state index contributed by atoms with van der Waals surface area (Å²) in [6, 6.07) is 19.4. The Bertz CT molecular complexity index is 677. The minimum Gasteiger partial charge on any atom is -0.340 e. The minimum absolute atomic E-state index is 0.944. The molecule has 1 aromatic heterocycles. The highest BCUT2D eigenvalue weighted by molar-refractivity contribution is 5.84. The van der Waals surface area contributed by atoms with Crippen molar-refractivity contribution in [1.82, 2.24) is 4.57 Å². The summed E-state index contributed by atoms with van der Waals surface area (Å²) in [7, 11) is 0. The summed E-state index contributed by atoms with van der Waals surface area (Å²) < 4.78 is 2.39. The smallest absolute Gasteiger partial charge is 0.0488 e. The molecule has 1 heterocycles. The number of benzene rings is 2. The molecule has 0 aliphatic rings. The Kier molecular flexibility index (Phi) is 2.67. The van der Waals surface area contributed by atoms with Crippen LogP contribution in [0.4, 0.5) is 0 Å². The molecule has 0 amide bonds. The van der Waals surface area contributed by atoms with Crippen LogP contribution < -0.4 is 0 Å². The first-order valence-electron chi connectivity index (χ1n) is 6.35. The molecule has 0 saturated heterocycles. The number of aromatic nitrogens is 1. The van der Waals surface area contributed by atoms with Gasteiger partial charge in [0.05, 0.1) is 0 Å². The van der Waals surface area contributed by atoms with Gasteiger partial charge in [0.2, 0.25) is 0 Å². The van der Waals surface area contributed by atoms with Crippen LogP contribution in [0.15, 0.2) is 54.6 Å². The molecule has 0 radical (unpaired) electrons. The normalized spacial score (nSPS) is 11.0. The van der Waals surface area contributed by atoms with Gasteiger partial charge in [-0.1, -0.05) is 42.5 Å². The number of aryl methyl sites for hydroxylation is 2. The van der Waals surface area contributed by atoms with Crippen molar-refractivity contribution in [3.05, 3.63) is 71.4 Å². The third-order valence-electron chi connectivity index (χ3n) is 3.55. The molecule has 0 aliphatic heterocycles. The first-order valence-corrected chi connectivity index (χ1v) is 6.35. The van der Waals surface area contributed by atoms with Gasteiger partial charge in [0, 0.05) is 23.1 Å². The van der Waals surface area contributed by atoms with E-state index in [1.54, 1.807) is 0 Å². The number of hydrogen-bond acceptors (Lipinski definition) is 0. The van der Waals surface area contributed by atoms with Crippen molar-refractivity contribution in [1.29, 1.82) is 0 Å². The van der Waals surface area contributed by atoms with E-state index in [2.05, 4.69) is 73.0 Å². The lowest BCUT2D eigenvalue weighted by Gasteiger charge is -2.08. The third kappa shape index (κ3) is 1.82. The molecular weight excluding hydrogens is 218 g/mol. The second-order valence-electron chi connectivity index (χ2n) is 4.87. The Morgan fingerprint density at radius 1 is 0.889 bits per heavy atom. The van der Waals surface area contributed by atoms with E-state index >= 15 is 0 Å². The van der Waals surface area contributed by atoms with Crippen molar-refractivity contribution in [2.75, 3.05) is 0 Å². The summed E-state index contributed by atoms with van der Waals surface area (Å²) >= 11 is 0. The predicted molar refractivity (Wildman–Crippen MR) is 77.0 cm³/mol. The summed E-state index contributed by atoms with van der Waals surface area (Å²) in [5, 5.41) is 1.37. The van der Waals surface area contributed by atoms with Gasteiger partial charge in [-0.25, -0.2) is 0 Å². The second-order valence-corrected chi connectivity index (χ2v) is 4.87. The van der Waals surface area contributed by atoms with Gasteiger partial charge >= 0.3 is 0 Å². The van der Waals surface area contributed by atoms with Crippen LogP contribution >= 0.6 is 0 Å². The van der Waals surface area contributed by atoms with Gasteiger partial charge in [-0.3, -0.25) is 0 Å². The van der Waals surface area contributed by atoms with Gasteiger partial charge in [0.25, 0.3) is 0 Å². The second kappa shape index (κ2) is 4.34. The summed E-state index contributed by atoms with van der Waals surface area (Å²) in [5.74, 6) is 0. The maximum Gasteiger partial charge on any atom is 0.0488 e. The van der Waals surface area contributed by atoms with Crippen LogP contribution in [-0.4, -0.2) is 4.57 Å². The summed E-state index contributed by atoms with van der Waals surface area (Å²) in [5.41, 5.74) is 5.35. The van der Waals surface area contributed by atoms with E-state index in [1.165, 1.54) is 27.7 Å². The van der Waals surface area contributed by atoms with Gasteiger partial charge in [0.15, 0.2) is 0 Å². The summed E-state index contributed by atoms with van der Waals surface area (Å²) in [6.07, 6.45) is 0. The fourth-order valence-corrected chi connectivity index (χ4v) is 2.54.